The number of carbonyl (C=O) groups is 1. The fourth-order valence-corrected chi connectivity index (χ4v) is 3.17. The van der Waals surface area contributed by atoms with Crippen molar-refractivity contribution >= 4 is 18.2 Å². The Hall–Kier alpha value is -2.28. The zero-order valence-corrected chi connectivity index (χ0v) is 14.3. The Labute approximate surface area is 139 Å². The minimum absolute atomic E-state index is 0.359. The number of esters is 1. The van der Waals surface area contributed by atoms with E-state index in [0.717, 1.165) is 16.8 Å². The molecular weight excluding hydrogens is 316 g/mol. The van der Waals surface area contributed by atoms with Gasteiger partial charge in [-0.05, 0) is 35.5 Å². The molecule has 0 aliphatic carbocycles. The summed E-state index contributed by atoms with van der Waals surface area (Å²) in [5, 5.41) is 0. The van der Waals surface area contributed by atoms with Crippen LogP contribution in [0.4, 0.5) is 0 Å². The van der Waals surface area contributed by atoms with Gasteiger partial charge in [0.2, 0.25) is 5.88 Å². The van der Waals surface area contributed by atoms with Crippen molar-refractivity contribution in [2.45, 2.75) is 19.9 Å². The average molecular weight is 334 g/mol. The van der Waals surface area contributed by atoms with Gasteiger partial charge in [0.25, 0.3) is 0 Å². The summed E-state index contributed by atoms with van der Waals surface area (Å²) in [6.07, 6.45) is 0.614. The molecule has 0 saturated carbocycles. The quantitative estimate of drug-likeness (QED) is 0.544. The summed E-state index contributed by atoms with van der Waals surface area (Å²) in [7, 11) is 5.03. The van der Waals surface area contributed by atoms with Gasteiger partial charge >= 0.3 is 5.97 Å². The molecule has 7 heteroatoms. The normalized spacial score (nSPS) is 12.3. The van der Waals surface area contributed by atoms with Gasteiger partial charge in [-0.15, -0.1) is 0 Å². The van der Waals surface area contributed by atoms with E-state index < -0.39 is 0 Å². The predicted octanol–water partition coefficient (Wildman–Crippen LogP) is 2.45. The second kappa shape index (κ2) is 5.73. The number of carbonyl (C=O) groups excluding carboxylic acids is 1. The fraction of sp³-hybridized carbons (Fsp3) is 0.375. The van der Waals surface area contributed by atoms with Crippen molar-refractivity contribution in [1.82, 2.24) is 9.13 Å². The Morgan fingerprint density at radius 1 is 1.17 bits per heavy atom. The van der Waals surface area contributed by atoms with Gasteiger partial charge in [0, 0.05) is 20.4 Å². The van der Waals surface area contributed by atoms with Crippen molar-refractivity contribution in [3.8, 4) is 17.4 Å². The summed E-state index contributed by atoms with van der Waals surface area (Å²) in [4.78, 5) is 11.4. The molecule has 0 spiro atoms. The molecule has 0 atom stereocenters. The lowest BCUT2D eigenvalue weighted by molar-refractivity contribution is -0.132. The molecule has 3 rings (SSSR count). The van der Waals surface area contributed by atoms with E-state index in [1.807, 2.05) is 16.7 Å². The van der Waals surface area contributed by atoms with E-state index in [4.69, 9.17) is 26.4 Å². The molecule has 0 amide bonds. The first-order chi connectivity index (χ1) is 11.0. The molecule has 0 fully saturated rings. The van der Waals surface area contributed by atoms with Crippen molar-refractivity contribution < 1.29 is 19.0 Å². The third kappa shape index (κ3) is 2.50. The number of rotatable bonds is 3. The van der Waals surface area contributed by atoms with Crippen LogP contribution in [0.15, 0.2) is 12.1 Å². The first-order valence-corrected chi connectivity index (χ1v) is 7.57. The molecule has 1 aromatic carbocycles. The molecule has 1 aliphatic heterocycles. The summed E-state index contributed by atoms with van der Waals surface area (Å²) in [5.41, 5.74) is 3.12. The number of fused-ring (bicyclic) bond motifs is 2. The maximum atomic E-state index is 11.4. The average Bonchev–Trinajstić information content (AvgIpc) is 2.75. The third-order valence-corrected chi connectivity index (χ3v) is 4.52. The van der Waals surface area contributed by atoms with E-state index in [2.05, 4.69) is 0 Å². The van der Waals surface area contributed by atoms with Gasteiger partial charge in [0.15, 0.2) is 16.3 Å². The SMILES string of the molecule is COc1cc2c(cc1OC)Cn1c(c(OC(C)=O)n(C)c1=S)C2. The molecule has 2 heterocycles. The Balaban J connectivity index is 2.12. The first-order valence-electron chi connectivity index (χ1n) is 7.16. The van der Waals surface area contributed by atoms with Crippen LogP contribution in [0.3, 0.4) is 0 Å². The van der Waals surface area contributed by atoms with Crippen LogP contribution in [0.5, 0.6) is 17.4 Å². The summed E-state index contributed by atoms with van der Waals surface area (Å²) in [6, 6.07) is 3.93. The molecule has 0 bridgehead atoms. The van der Waals surface area contributed by atoms with E-state index in [1.165, 1.54) is 6.92 Å². The van der Waals surface area contributed by atoms with Gasteiger partial charge in [0.1, 0.15) is 0 Å². The van der Waals surface area contributed by atoms with Crippen molar-refractivity contribution in [2.75, 3.05) is 14.2 Å². The number of nitrogens with zero attached hydrogens (tertiary/aromatic N) is 2. The lowest BCUT2D eigenvalue weighted by Crippen LogP contribution is -2.15. The van der Waals surface area contributed by atoms with Crippen LogP contribution in [0.2, 0.25) is 0 Å². The Kier molecular flexibility index (Phi) is 3.89. The van der Waals surface area contributed by atoms with E-state index in [-0.39, 0.29) is 5.97 Å². The fourth-order valence-electron chi connectivity index (χ4n) is 2.92. The highest BCUT2D eigenvalue weighted by Gasteiger charge is 2.25. The highest BCUT2D eigenvalue weighted by atomic mass is 32.1. The Bertz CT molecular complexity index is 851. The van der Waals surface area contributed by atoms with Crippen LogP contribution in [-0.4, -0.2) is 29.3 Å². The number of methoxy groups -OCH3 is 2. The van der Waals surface area contributed by atoms with Crippen LogP contribution >= 0.6 is 12.2 Å². The monoisotopic (exact) mass is 334 g/mol. The van der Waals surface area contributed by atoms with Crippen LogP contribution in [-0.2, 0) is 24.8 Å². The van der Waals surface area contributed by atoms with Gasteiger partial charge in [-0.3, -0.25) is 9.36 Å². The van der Waals surface area contributed by atoms with Crippen LogP contribution in [0.25, 0.3) is 0 Å². The van der Waals surface area contributed by atoms with E-state index in [1.54, 1.807) is 25.8 Å². The van der Waals surface area contributed by atoms with Crippen molar-refractivity contribution in [3.63, 3.8) is 0 Å². The summed E-state index contributed by atoms with van der Waals surface area (Å²) < 4.78 is 20.4. The van der Waals surface area contributed by atoms with Crippen LogP contribution < -0.4 is 14.2 Å². The molecule has 0 radical (unpaired) electrons. The van der Waals surface area contributed by atoms with Gasteiger partial charge in [-0.2, -0.15) is 0 Å². The molecule has 0 unspecified atom stereocenters. The van der Waals surface area contributed by atoms with Gasteiger partial charge in [-0.25, -0.2) is 0 Å². The highest BCUT2D eigenvalue weighted by Crippen LogP contribution is 2.37. The second-order valence-electron chi connectivity index (χ2n) is 5.43. The number of benzene rings is 1. The summed E-state index contributed by atoms with van der Waals surface area (Å²) >= 11 is 5.47. The maximum absolute atomic E-state index is 11.4. The zero-order valence-electron chi connectivity index (χ0n) is 13.5. The minimum atomic E-state index is -0.359. The maximum Gasteiger partial charge on any atom is 0.309 e. The Morgan fingerprint density at radius 3 is 2.35 bits per heavy atom. The second-order valence-corrected chi connectivity index (χ2v) is 5.79. The molecule has 1 aromatic heterocycles. The number of hydrogen-bond acceptors (Lipinski definition) is 5. The minimum Gasteiger partial charge on any atom is -0.493 e. The largest absolute Gasteiger partial charge is 0.493 e. The Morgan fingerprint density at radius 2 is 1.78 bits per heavy atom. The number of imidazole rings is 1. The molecule has 0 N–H and O–H groups in total. The van der Waals surface area contributed by atoms with Crippen molar-refractivity contribution in [1.29, 1.82) is 0 Å². The molecule has 6 nitrogen and oxygen atoms in total. The highest BCUT2D eigenvalue weighted by molar-refractivity contribution is 7.71. The smallest absolute Gasteiger partial charge is 0.309 e. The van der Waals surface area contributed by atoms with E-state index in [9.17, 15) is 4.79 Å². The predicted molar refractivity (Wildman–Crippen MR) is 87.0 cm³/mol. The van der Waals surface area contributed by atoms with Gasteiger partial charge < -0.3 is 18.8 Å². The lowest BCUT2D eigenvalue weighted by Gasteiger charge is -2.21. The number of hydrogen-bond donors (Lipinski definition) is 0. The lowest BCUT2D eigenvalue weighted by atomic mass is 9.98. The third-order valence-electron chi connectivity index (χ3n) is 4.03. The number of aromatic nitrogens is 2. The molecule has 0 saturated heterocycles. The molecule has 23 heavy (non-hydrogen) atoms. The number of ether oxygens (including phenoxy) is 3. The molecule has 2 aromatic rings. The topological polar surface area (TPSA) is 54.6 Å². The van der Waals surface area contributed by atoms with Gasteiger partial charge in [0.05, 0.1) is 26.5 Å². The van der Waals surface area contributed by atoms with Gasteiger partial charge in [-0.1, -0.05) is 0 Å². The molecule has 1 aliphatic rings. The van der Waals surface area contributed by atoms with Crippen molar-refractivity contribution in [3.05, 3.63) is 33.7 Å². The van der Waals surface area contributed by atoms with Crippen LogP contribution in [0, 0.1) is 4.77 Å². The summed E-state index contributed by atoms with van der Waals surface area (Å²) in [5.74, 6) is 1.52. The zero-order chi connectivity index (χ0) is 16.7. The first kappa shape index (κ1) is 15.6. The van der Waals surface area contributed by atoms with E-state index >= 15 is 0 Å². The van der Waals surface area contributed by atoms with E-state index in [0.29, 0.717) is 35.1 Å². The van der Waals surface area contributed by atoms with Crippen LogP contribution in [0.1, 0.15) is 23.7 Å². The van der Waals surface area contributed by atoms with Crippen molar-refractivity contribution in [2.24, 2.45) is 7.05 Å². The molecular formula is C16H18N2O4S. The standard InChI is InChI=1S/C16H18N2O4S/c1-9(19)22-15-12-5-10-6-13(20-3)14(21-4)7-11(10)8-18(12)16(23)17(15)2/h6-7H,5,8H2,1-4H3. The summed E-state index contributed by atoms with van der Waals surface area (Å²) in [6.45, 7) is 2.00. The molecule has 122 valence electrons.